The Morgan fingerprint density at radius 2 is 1.47 bits per heavy atom. The maximum absolute atomic E-state index is 10.3. The van der Waals surface area contributed by atoms with Crippen LogP contribution in [-0.4, -0.2) is 46.1 Å². The molecule has 0 aliphatic heterocycles. The molecule has 0 unspecified atom stereocenters. The Morgan fingerprint density at radius 3 is 1.94 bits per heavy atom. The fraction of sp³-hybridized carbons (Fsp3) is 0.917. The summed E-state index contributed by atoms with van der Waals surface area (Å²) in [6, 6.07) is 0. The van der Waals surface area contributed by atoms with E-state index in [1.54, 1.807) is 7.11 Å². The molecule has 2 N–H and O–H groups in total. The molecular formula is C12H27NO4. The average molecular weight is 249 g/mol. The van der Waals surface area contributed by atoms with Crippen LogP contribution in [-0.2, 0) is 19.0 Å². The zero-order valence-electron chi connectivity index (χ0n) is 11.4. The van der Waals surface area contributed by atoms with E-state index >= 15 is 0 Å². The van der Waals surface area contributed by atoms with Gasteiger partial charge < -0.3 is 19.9 Å². The lowest BCUT2D eigenvalue weighted by Gasteiger charge is -2.04. The van der Waals surface area contributed by atoms with Crippen molar-refractivity contribution in [2.24, 2.45) is 5.73 Å². The lowest BCUT2D eigenvalue weighted by atomic mass is 10.3. The van der Waals surface area contributed by atoms with E-state index in [9.17, 15) is 4.79 Å². The van der Waals surface area contributed by atoms with Gasteiger partial charge in [0, 0.05) is 26.7 Å². The highest BCUT2D eigenvalue weighted by Gasteiger charge is 1.94. The van der Waals surface area contributed by atoms with Crippen LogP contribution in [0.25, 0.3) is 0 Å². The summed E-state index contributed by atoms with van der Waals surface area (Å²) in [5, 5.41) is 0. The highest BCUT2D eigenvalue weighted by molar-refractivity contribution is 5.73. The summed E-state index contributed by atoms with van der Waals surface area (Å²) in [4.78, 5) is 10.3. The van der Waals surface area contributed by atoms with Crippen molar-refractivity contribution in [3.8, 4) is 0 Å². The maximum atomic E-state index is 10.3. The van der Waals surface area contributed by atoms with Gasteiger partial charge in [-0.2, -0.15) is 0 Å². The summed E-state index contributed by atoms with van der Waals surface area (Å²) >= 11 is 0. The maximum Gasteiger partial charge on any atom is 0.219 e. The van der Waals surface area contributed by atoms with E-state index in [-0.39, 0.29) is 5.91 Å². The van der Waals surface area contributed by atoms with Crippen molar-refractivity contribution in [2.75, 3.05) is 40.1 Å². The molecule has 0 fully saturated rings. The first-order valence-electron chi connectivity index (χ1n) is 6.20. The van der Waals surface area contributed by atoms with Gasteiger partial charge in [0.05, 0.1) is 19.8 Å². The molecule has 0 aromatic heterocycles. The summed E-state index contributed by atoms with van der Waals surface area (Å²) < 4.78 is 15.3. The van der Waals surface area contributed by atoms with Crippen molar-refractivity contribution in [3.05, 3.63) is 0 Å². The summed E-state index contributed by atoms with van der Waals surface area (Å²) in [7, 11) is 1.65. The Bertz CT molecular complexity index is 153. The molecule has 0 saturated carbocycles. The molecule has 5 nitrogen and oxygen atoms in total. The van der Waals surface area contributed by atoms with E-state index in [0.717, 1.165) is 19.4 Å². The van der Waals surface area contributed by atoms with Crippen molar-refractivity contribution in [1.82, 2.24) is 0 Å². The Hall–Kier alpha value is -0.650. The van der Waals surface area contributed by atoms with Gasteiger partial charge in [0.25, 0.3) is 0 Å². The second-order valence-corrected chi connectivity index (χ2v) is 3.14. The second-order valence-electron chi connectivity index (χ2n) is 3.14. The number of nitrogens with two attached hydrogens (primary N) is 1. The predicted octanol–water partition coefficient (Wildman–Crippen LogP) is 1.35. The number of hydrogen-bond donors (Lipinski definition) is 1. The minimum atomic E-state index is -0.321. The van der Waals surface area contributed by atoms with Crippen LogP contribution in [0.3, 0.4) is 0 Å². The smallest absolute Gasteiger partial charge is 0.219 e. The summed E-state index contributed by atoms with van der Waals surface area (Å²) in [6.45, 7) is 7.07. The quantitative estimate of drug-likeness (QED) is 0.561. The number of methoxy groups -OCH3 is 1. The van der Waals surface area contributed by atoms with Crippen molar-refractivity contribution < 1.29 is 19.0 Å². The topological polar surface area (TPSA) is 70.8 Å². The molecule has 0 aliphatic rings. The zero-order valence-corrected chi connectivity index (χ0v) is 11.4. The van der Waals surface area contributed by atoms with Crippen molar-refractivity contribution in [1.29, 1.82) is 0 Å². The van der Waals surface area contributed by atoms with Gasteiger partial charge in [-0.3, -0.25) is 4.79 Å². The molecule has 1 amide bonds. The Morgan fingerprint density at radius 1 is 0.941 bits per heavy atom. The Balaban J connectivity index is 0. The highest BCUT2D eigenvalue weighted by Crippen LogP contribution is 1.92. The van der Waals surface area contributed by atoms with E-state index in [1.165, 1.54) is 0 Å². The van der Waals surface area contributed by atoms with Crippen LogP contribution < -0.4 is 5.73 Å². The molecule has 104 valence electrons. The second kappa shape index (κ2) is 17.7. The molecule has 0 aromatic rings. The largest absolute Gasteiger partial charge is 0.382 e. The van der Waals surface area contributed by atoms with E-state index in [1.807, 2.05) is 13.8 Å². The minimum absolute atomic E-state index is 0.296. The Labute approximate surface area is 105 Å². The van der Waals surface area contributed by atoms with Gasteiger partial charge in [0.2, 0.25) is 5.91 Å². The number of rotatable bonds is 11. The van der Waals surface area contributed by atoms with Crippen LogP contribution in [0, 0.1) is 0 Å². The average Bonchev–Trinajstić information content (AvgIpc) is 2.34. The van der Waals surface area contributed by atoms with Gasteiger partial charge in [0.15, 0.2) is 0 Å². The number of amides is 1. The number of hydrogen-bond acceptors (Lipinski definition) is 4. The fourth-order valence-corrected chi connectivity index (χ4v) is 0.927. The van der Waals surface area contributed by atoms with Crippen LogP contribution in [0.15, 0.2) is 0 Å². The lowest BCUT2D eigenvalue weighted by Crippen LogP contribution is -2.13. The molecule has 5 heteroatoms. The van der Waals surface area contributed by atoms with E-state index in [2.05, 4.69) is 0 Å². The molecule has 0 saturated heterocycles. The standard InChI is InChI=1S/C10H21NO4.C2H6/c1-13-8-9-15-6-3-2-5-14-7-4-10(11)12;1-2/h2-9H2,1H3,(H2,11,12);1-2H3. The van der Waals surface area contributed by atoms with Crippen LogP contribution in [0.5, 0.6) is 0 Å². The molecule has 0 atom stereocenters. The molecule has 0 rings (SSSR count). The van der Waals surface area contributed by atoms with E-state index in [4.69, 9.17) is 19.9 Å². The van der Waals surface area contributed by atoms with Gasteiger partial charge >= 0.3 is 0 Å². The number of carbonyl (C=O) groups excluding carboxylic acids is 1. The molecule has 0 aromatic carbocycles. The molecule has 0 radical (unpaired) electrons. The van der Waals surface area contributed by atoms with Crippen LogP contribution in [0.2, 0.25) is 0 Å². The van der Waals surface area contributed by atoms with Crippen molar-refractivity contribution in [2.45, 2.75) is 33.1 Å². The first kappa shape index (κ1) is 18.7. The van der Waals surface area contributed by atoms with Crippen LogP contribution in [0.4, 0.5) is 0 Å². The van der Waals surface area contributed by atoms with Gasteiger partial charge in [-0.1, -0.05) is 13.8 Å². The van der Waals surface area contributed by atoms with Gasteiger partial charge in [-0.05, 0) is 12.8 Å². The number of primary amides is 1. The normalized spacial score (nSPS) is 9.59. The summed E-state index contributed by atoms with van der Waals surface area (Å²) in [5.74, 6) is -0.321. The molecule has 0 heterocycles. The lowest BCUT2D eigenvalue weighted by molar-refractivity contribution is -0.119. The third kappa shape index (κ3) is 21.2. The SMILES string of the molecule is CC.COCCOCCCCOCCC(N)=O. The number of ether oxygens (including phenoxy) is 3. The highest BCUT2D eigenvalue weighted by atomic mass is 16.5. The minimum Gasteiger partial charge on any atom is -0.382 e. The third-order valence-corrected chi connectivity index (χ3v) is 1.75. The van der Waals surface area contributed by atoms with Crippen LogP contribution >= 0.6 is 0 Å². The van der Waals surface area contributed by atoms with Crippen molar-refractivity contribution in [3.63, 3.8) is 0 Å². The first-order valence-corrected chi connectivity index (χ1v) is 6.20. The Kier molecular flexibility index (Phi) is 19.5. The van der Waals surface area contributed by atoms with E-state index < -0.39 is 0 Å². The molecule has 17 heavy (non-hydrogen) atoms. The molecule has 0 aliphatic carbocycles. The molecule has 0 spiro atoms. The van der Waals surface area contributed by atoms with Gasteiger partial charge in [0.1, 0.15) is 0 Å². The fourth-order valence-electron chi connectivity index (χ4n) is 0.927. The predicted molar refractivity (Wildman–Crippen MR) is 67.9 cm³/mol. The first-order chi connectivity index (χ1) is 8.27. The summed E-state index contributed by atoms with van der Waals surface area (Å²) in [6.07, 6.45) is 2.19. The van der Waals surface area contributed by atoms with Crippen molar-refractivity contribution >= 4 is 5.91 Å². The third-order valence-electron chi connectivity index (χ3n) is 1.75. The van der Waals surface area contributed by atoms with Gasteiger partial charge in [-0.25, -0.2) is 0 Å². The molecule has 0 bridgehead atoms. The summed E-state index contributed by atoms with van der Waals surface area (Å²) in [5.41, 5.74) is 4.95. The van der Waals surface area contributed by atoms with Crippen LogP contribution in [0.1, 0.15) is 33.1 Å². The van der Waals surface area contributed by atoms with E-state index in [0.29, 0.717) is 32.8 Å². The monoisotopic (exact) mass is 249 g/mol. The van der Waals surface area contributed by atoms with Gasteiger partial charge in [-0.15, -0.1) is 0 Å². The molecular weight excluding hydrogens is 222 g/mol. The number of carbonyl (C=O) groups is 1. The number of unbranched alkanes of at least 4 members (excludes halogenated alkanes) is 1. The zero-order chi connectivity index (χ0) is 13.4.